The predicted octanol–water partition coefficient (Wildman–Crippen LogP) is 4.12. The average Bonchev–Trinajstić information content (AvgIpc) is 3.73. The van der Waals surface area contributed by atoms with Crippen LogP contribution >= 0.6 is 11.6 Å². The highest BCUT2D eigenvalue weighted by atomic mass is 35.5. The number of hydrogen-bond acceptors (Lipinski definition) is 8. The van der Waals surface area contributed by atoms with Crippen LogP contribution in [-0.4, -0.2) is 33.3 Å². The van der Waals surface area contributed by atoms with Gasteiger partial charge in [-0.2, -0.15) is 5.26 Å². The second kappa shape index (κ2) is 9.72. The molecule has 4 rings (SSSR count). The number of carbonyl (C=O) groups is 2. The Labute approximate surface area is 208 Å². The molecule has 0 spiro atoms. The Kier molecular flexibility index (Phi) is 6.72. The van der Waals surface area contributed by atoms with E-state index >= 15 is 0 Å². The van der Waals surface area contributed by atoms with Gasteiger partial charge in [-0.25, -0.2) is 9.59 Å². The van der Waals surface area contributed by atoms with E-state index in [-0.39, 0.29) is 28.6 Å². The summed E-state index contributed by atoms with van der Waals surface area (Å²) in [5.41, 5.74) is 8.43. The number of benzene rings is 2. The van der Waals surface area contributed by atoms with Gasteiger partial charge in [0.05, 0.1) is 55.2 Å². The van der Waals surface area contributed by atoms with Crippen LogP contribution in [0.5, 0.6) is 5.75 Å². The lowest BCUT2D eigenvalue weighted by molar-refractivity contribution is -0.139. The van der Waals surface area contributed by atoms with Gasteiger partial charge in [-0.15, -0.1) is 0 Å². The molecular formula is C26H24ClN3O5. The zero-order chi connectivity index (χ0) is 25.3. The number of allylic oxidation sites excluding steroid dienone is 1. The minimum Gasteiger partial charge on any atom is -0.495 e. The van der Waals surface area contributed by atoms with Gasteiger partial charge in [0, 0.05) is 6.07 Å². The van der Waals surface area contributed by atoms with Crippen LogP contribution in [0.15, 0.2) is 65.1 Å². The van der Waals surface area contributed by atoms with Gasteiger partial charge in [0.25, 0.3) is 0 Å². The number of nitrogens with two attached hydrogens (primary N) is 1. The summed E-state index contributed by atoms with van der Waals surface area (Å²) >= 11 is 6.42. The average molecular weight is 494 g/mol. The summed E-state index contributed by atoms with van der Waals surface area (Å²) in [6.07, 6.45) is 1.85. The third kappa shape index (κ3) is 4.19. The normalized spacial score (nSPS) is 17.7. The largest absolute Gasteiger partial charge is 0.495 e. The summed E-state index contributed by atoms with van der Waals surface area (Å²) in [5.74, 6) is -1.98. The molecule has 180 valence electrons. The van der Waals surface area contributed by atoms with Gasteiger partial charge < -0.3 is 19.9 Å². The van der Waals surface area contributed by atoms with Crippen LogP contribution < -0.4 is 15.4 Å². The number of methoxy groups -OCH3 is 3. The van der Waals surface area contributed by atoms with Crippen LogP contribution in [0.1, 0.15) is 35.8 Å². The maximum Gasteiger partial charge on any atom is 0.355 e. The summed E-state index contributed by atoms with van der Waals surface area (Å²) in [4.78, 5) is 27.9. The van der Waals surface area contributed by atoms with Crippen LogP contribution in [0.2, 0.25) is 5.02 Å². The Bertz CT molecular complexity index is 1290. The molecule has 0 radical (unpaired) electrons. The Morgan fingerprint density at radius 2 is 1.74 bits per heavy atom. The Morgan fingerprint density at radius 3 is 2.29 bits per heavy atom. The number of rotatable bonds is 6. The summed E-state index contributed by atoms with van der Waals surface area (Å²) in [7, 11) is 3.90. The van der Waals surface area contributed by atoms with Crippen LogP contribution in [-0.2, 0) is 19.1 Å². The first-order valence-corrected chi connectivity index (χ1v) is 11.3. The fraction of sp³-hybridized carbons (Fsp3) is 0.269. The summed E-state index contributed by atoms with van der Waals surface area (Å²) < 4.78 is 15.6. The van der Waals surface area contributed by atoms with Crippen molar-refractivity contribution < 1.29 is 23.8 Å². The molecular weight excluding hydrogens is 470 g/mol. The molecule has 1 heterocycles. The number of hydrogen-bond donors (Lipinski definition) is 1. The molecule has 1 saturated carbocycles. The molecule has 9 heteroatoms. The van der Waals surface area contributed by atoms with Crippen molar-refractivity contribution in [2.45, 2.75) is 24.7 Å². The lowest BCUT2D eigenvalue weighted by Gasteiger charge is -2.37. The number of esters is 2. The second-order valence-electron chi connectivity index (χ2n) is 8.16. The van der Waals surface area contributed by atoms with Crippen LogP contribution in [0.3, 0.4) is 0 Å². The molecule has 0 aromatic heterocycles. The van der Waals surface area contributed by atoms with Crippen molar-refractivity contribution in [3.05, 3.63) is 81.3 Å². The summed E-state index contributed by atoms with van der Waals surface area (Å²) in [6.45, 7) is 0. The molecule has 35 heavy (non-hydrogen) atoms. The molecule has 2 aromatic carbocycles. The van der Waals surface area contributed by atoms with E-state index in [1.165, 1.54) is 26.2 Å². The van der Waals surface area contributed by atoms with E-state index in [1.807, 2.05) is 6.07 Å². The molecule has 1 fully saturated rings. The van der Waals surface area contributed by atoms with Crippen LogP contribution in [0, 0.1) is 11.3 Å². The highest BCUT2D eigenvalue weighted by molar-refractivity contribution is 6.32. The highest BCUT2D eigenvalue weighted by Crippen LogP contribution is 2.51. The quantitative estimate of drug-likeness (QED) is 0.597. The summed E-state index contributed by atoms with van der Waals surface area (Å²) in [5, 5.41) is 10.6. The zero-order valence-corrected chi connectivity index (χ0v) is 20.3. The summed E-state index contributed by atoms with van der Waals surface area (Å²) in [6, 6.07) is 14.4. The zero-order valence-electron chi connectivity index (χ0n) is 19.5. The van der Waals surface area contributed by atoms with Crippen molar-refractivity contribution in [3.8, 4) is 11.8 Å². The van der Waals surface area contributed by atoms with Gasteiger partial charge in [-0.3, -0.25) is 4.90 Å². The van der Waals surface area contributed by atoms with Crippen molar-refractivity contribution in [1.29, 1.82) is 5.26 Å². The van der Waals surface area contributed by atoms with Gasteiger partial charge in [0.1, 0.15) is 17.3 Å². The molecule has 8 nitrogen and oxygen atoms in total. The SMILES string of the molecule is COC(=O)C1=C(C(=O)OC)N(c2cc(OC)c(Cl)cc2C2CC2)C(N)=C(C#N)C1c1ccccc1. The topological polar surface area (TPSA) is 115 Å². The van der Waals surface area contributed by atoms with Gasteiger partial charge >= 0.3 is 11.9 Å². The monoisotopic (exact) mass is 493 g/mol. The van der Waals surface area contributed by atoms with E-state index in [4.69, 9.17) is 31.5 Å². The number of carbonyl (C=O) groups excluding carboxylic acids is 2. The third-order valence-corrected chi connectivity index (χ3v) is 6.46. The smallest absolute Gasteiger partial charge is 0.355 e. The Balaban J connectivity index is 2.10. The molecule has 0 saturated heterocycles. The molecule has 2 aliphatic rings. The number of ether oxygens (including phenoxy) is 3. The fourth-order valence-corrected chi connectivity index (χ4v) is 4.64. The van der Waals surface area contributed by atoms with E-state index in [2.05, 4.69) is 6.07 Å². The minimum atomic E-state index is -0.933. The Morgan fingerprint density at radius 1 is 1.09 bits per heavy atom. The van der Waals surface area contributed by atoms with Crippen molar-refractivity contribution in [2.24, 2.45) is 5.73 Å². The molecule has 1 unspecified atom stereocenters. The molecule has 1 aliphatic carbocycles. The van der Waals surface area contributed by atoms with E-state index < -0.39 is 17.9 Å². The number of halogens is 1. The molecule has 2 N–H and O–H groups in total. The van der Waals surface area contributed by atoms with Crippen molar-refractivity contribution >= 4 is 29.2 Å². The first-order chi connectivity index (χ1) is 16.9. The standard InChI is InChI=1S/C26H24ClN3O5/c1-33-20-12-19(16(11-18(20)27)14-9-10-14)30-23(26(32)35-3)22(25(31)34-2)21(17(13-28)24(30)29)15-7-5-4-6-8-15/h4-8,11-12,14,21H,9-10,29H2,1-3H3. The first-order valence-electron chi connectivity index (χ1n) is 10.9. The van der Waals surface area contributed by atoms with Crippen LogP contribution in [0.4, 0.5) is 5.69 Å². The molecule has 0 amide bonds. The van der Waals surface area contributed by atoms with Crippen LogP contribution in [0.25, 0.3) is 0 Å². The molecule has 0 bridgehead atoms. The van der Waals surface area contributed by atoms with Gasteiger partial charge in [-0.1, -0.05) is 41.9 Å². The van der Waals surface area contributed by atoms with Crippen molar-refractivity contribution in [2.75, 3.05) is 26.2 Å². The lowest BCUT2D eigenvalue weighted by Crippen LogP contribution is -2.41. The van der Waals surface area contributed by atoms with E-state index in [9.17, 15) is 14.9 Å². The van der Waals surface area contributed by atoms with Gasteiger partial charge in [0.2, 0.25) is 0 Å². The maximum atomic E-state index is 13.3. The van der Waals surface area contributed by atoms with E-state index in [1.54, 1.807) is 36.4 Å². The van der Waals surface area contributed by atoms with Gasteiger partial charge in [0.15, 0.2) is 0 Å². The predicted molar refractivity (Wildman–Crippen MR) is 130 cm³/mol. The van der Waals surface area contributed by atoms with E-state index in [0.29, 0.717) is 22.0 Å². The first kappa shape index (κ1) is 24.2. The fourth-order valence-electron chi connectivity index (χ4n) is 4.39. The minimum absolute atomic E-state index is 0.000631. The second-order valence-corrected chi connectivity index (χ2v) is 8.56. The molecule has 2 aromatic rings. The van der Waals surface area contributed by atoms with E-state index in [0.717, 1.165) is 18.4 Å². The number of nitriles is 1. The van der Waals surface area contributed by atoms with Gasteiger partial charge in [-0.05, 0) is 36.0 Å². The number of anilines is 1. The molecule has 1 aliphatic heterocycles. The number of nitrogens with zero attached hydrogens (tertiary/aromatic N) is 2. The molecule has 1 atom stereocenters. The third-order valence-electron chi connectivity index (χ3n) is 6.17. The Hall–Kier alpha value is -3.96. The highest BCUT2D eigenvalue weighted by Gasteiger charge is 2.44. The van der Waals surface area contributed by atoms with Crippen molar-refractivity contribution in [3.63, 3.8) is 0 Å². The van der Waals surface area contributed by atoms with Crippen molar-refractivity contribution in [1.82, 2.24) is 0 Å². The lowest BCUT2D eigenvalue weighted by atomic mass is 9.80. The maximum absolute atomic E-state index is 13.3.